The Labute approximate surface area is 144 Å². The van der Waals surface area contributed by atoms with Crippen molar-refractivity contribution >= 4 is 6.08 Å². The molecule has 0 radical (unpaired) electrons. The molecule has 0 bridgehead atoms. The van der Waals surface area contributed by atoms with Crippen molar-refractivity contribution < 1.29 is 21.5 Å². The van der Waals surface area contributed by atoms with Gasteiger partial charge in [-0.2, -0.15) is 0 Å². The van der Waals surface area contributed by atoms with Crippen LogP contribution in [-0.2, 0) is 0 Å². The molecule has 0 amide bonds. The lowest BCUT2D eigenvalue weighted by Gasteiger charge is -2.25. The average molecular weight is 356 g/mol. The van der Waals surface area contributed by atoms with Crippen LogP contribution in [0.25, 0.3) is 6.08 Å². The second kappa shape index (κ2) is 9.25. The highest BCUT2D eigenvalue weighted by Crippen LogP contribution is 2.03. The number of hydrogen-bond donors (Lipinski definition) is 0. The highest BCUT2D eigenvalue weighted by molar-refractivity contribution is 5.48. The second-order valence-electron chi connectivity index (χ2n) is 5.76. The van der Waals surface area contributed by atoms with Crippen LogP contribution in [0.1, 0.15) is 11.1 Å². The molecule has 22 heavy (non-hydrogen) atoms. The Morgan fingerprint density at radius 2 is 1.50 bits per heavy atom. The zero-order valence-electron chi connectivity index (χ0n) is 13.2. The van der Waals surface area contributed by atoms with Gasteiger partial charge in [-0.25, -0.2) is 0 Å². The van der Waals surface area contributed by atoms with Crippen molar-refractivity contribution in [3.63, 3.8) is 0 Å². The normalized spacial score (nSPS) is 10.6. The maximum absolute atomic E-state index is 3.28. The van der Waals surface area contributed by atoms with Crippen LogP contribution in [0.4, 0.5) is 0 Å². The Bertz CT molecular complexity index is 634. The highest BCUT2D eigenvalue weighted by Gasteiger charge is 2.09. The minimum atomic E-state index is 0. The molecule has 0 aliphatic carbocycles. The molecule has 0 atom stereocenters. The summed E-state index contributed by atoms with van der Waals surface area (Å²) >= 11 is 0. The van der Waals surface area contributed by atoms with E-state index in [1.807, 2.05) is 36.4 Å². The van der Waals surface area contributed by atoms with Gasteiger partial charge < -0.3 is 21.5 Å². The molecular formula is C20H22BrN. The van der Waals surface area contributed by atoms with E-state index >= 15 is 0 Å². The second-order valence-corrected chi connectivity index (χ2v) is 5.76. The Hall–Kier alpha value is -1.82. The molecule has 2 aromatic carbocycles. The van der Waals surface area contributed by atoms with Crippen LogP contribution in [0, 0.1) is 11.8 Å². The number of halogens is 1. The third-order valence-electron chi connectivity index (χ3n) is 3.22. The molecule has 114 valence electrons. The topological polar surface area (TPSA) is 0 Å². The lowest BCUT2D eigenvalue weighted by atomic mass is 10.2. The van der Waals surface area contributed by atoms with Crippen molar-refractivity contribution in [1.29, 1.82) is 0 Å². The molecule has 0 spiro atoms. The number of nitrogens with zero attached hydrogens (tertiary/aromatic N) is 1. The molecule has 0 N–H and O–H groups in total. The summed E-state index contributed by atoms with van der Waals surface area (Å²) in [4.78, 5) is 0. The monoisotopic (exact) mass is 355 g/mol. The van der Waals surface area contributed by atoms with Gasteiger partial charge in [0.05, 0.1) is 20.6 Å². The molecule has 0 aromatic heterocycles. The summed E-state index contributed by atoms with van der Waals surface area (Å²) in [7, 11) is 4.41. The van der Waals surface area contributed by atoms with Crippen molar-refractivity contribution in [2.45, 2.75) is 0 Å². The molecule has 0 aliphatic rings. The van der Waals surface area contributed by atoms with Gasteiger partial charge in [0.1, 0.15) is 6.54 Å². The van der Waals surface area contributed by atoms with E-state index in [1.165, 1.54) is 5.56 Å². The first kappa shape index (κ1) is 18.2. The van der Waals surface area contributed by atoms with E-state index in [2.05, 4.69) is 62.4 Å². The summed E-state index contributed by atoms with van der Waals surface area (Å²) in [6.07, 6.45) is 4.39. The lowest BCUT2D eigenvalue weighted by Crippen LogP contribution is -3.00. The first-order chi connectivity index (χ1) is 10.2. The molecule has 0 saturated heterocycles. The summed E-state index contributed by atoms with van der Waals surface area (Å²) in [6.45, 7) is 1.81. The summed E-state index contributed by atoms with van der Waals surface area (Å²) in [5, 5.41) is 0. The smallest absolute Gasteiger partial charge is 0.141 e. The molecule has 0 fully saturated rings. The predicted molar refractivity (Wildman–Crippen MR) is 90.6 cm³/mol. The van der Waals surface area contributed by atoms with Gasteiger partial charge in [0.25, 0.3) is 0 Å². The van der Waals surface area contributed by atoms with E-state index in [-0.39, 0.29) is 17.0 Å². The van der Waals surface area contributed by atoms with Crippen LogP contribution in [-0.4, -0.2) is 31.7 Å². The van der Waals surface area contributed by atoms with Crippen molar-refractivity contribution in [2.75, 3.05) is 27.2 Å². The maximum atomic E-state index is 3.28. The summed E-state index contributed by atoms with van der Waals surface area (Å²) in [6, 6.07) is 20.5. The third kappa shape index (κ3) is 6.76. The van der Waals surface area contributed by atoms with Crippen LogP contribution >= 0.6 is 0 Å². The Morgan fingerprint density at radius 3 is 2.14 bits per heavy atom. The van der Waals surface area contributed by atoms with Gasteiger partial charge >= 0.3 is 0 Å². The third-order valence-corrected chi connectivity index (χ3v) is 3.22. The summed E-state index contributed by atoms with van der Waals surface area (Å²) in [5.41, 5.74) is 2.32. The van der Waals surface area contributed by atoms with Gasteiger partial charge in [-0.3, -0.25) is 0 Å². The fraction of sp³-hybridized carbons (Fsp3) is 0.200. The van der Waals surface area contributed by atoms with Crippen molar-refractivity contribution in [1.82, 2.24) is 0 Å². The molecule has 0 aliphatic heterocycles. The number of benzene rings is 2. The van der Waals surface area contributed by atoms with Crippen LogP contribution in [0.15, 0.2) is 66.7 Å². The van der Waals surface area contributed by atoms with E-state index in [0.717, 1.165) is 23.1 Å². The number of likely N-dealkylation sites (N-methyl/N-ethyl adjacent to an activating group) is 1. The van der Waals surface area contributed by atoms with Gasteiger partial charge in [-0.15, -0.1) is 0 Å². The van der Waals surface area contributed by atoms with E-state index in [1.54, 1.807) is 0 Å². The van der Waals surface area contributed by atoms with Crippen molar-refractivity contribution in [2.24, 2.45) is 0 Å². The average Bonchev–Trinajstić information content (AvgIpc) is 2.49. The van der Waals surface area contributed by atoms with E-state index < -0.39 is 0 Å². The Kier molecular flexibility index (Phi) is 7.66. The maximum Gasteiger partial charge on any atom is 0.141 e. The summed E-state index contributed by atoms with van der Waals surface area (Å²) in [5.74, 6) is 6.50. The fourth-order valence-electron chi connectivity index (χ4n) is 1.98. The first-order valence-electron chi connectivity index (χ1n) is 7.23. The quantitative estimate of drug-likeness (QED) is 0.563. The minimum absolute atomic E-state index is 0. The Balaban J connectivity index is 0.00000242. The SMILES string of the molecule is C[N+](C)(CC#Cc1ccccc1)CC=Cc1ccccc1.[Br-]. The van der Waals surface area contributed by atoms with Crippen molar-refractivity contribution in [3.8, 4) is 11.8 Å². The van der Waals surface area contributed by atoms with Gasteiger partial charge in [-0.1, -0.05) is 60.5 Å². The number of hydrogen-bond acceptors (Lipinski definition) is 0. The van der Waals surface area contributed by atoms with Crippen molar-refractivity contribution in [3.05, 3.63) is 77.9 Å². The zero-order valence-corrected chi connectivity index (χ0v) is 14.8. The van der Waals surface area contributed by atoms with E-state index in [0.29, 0.717) is 0 Å². The number of quaternary nitrogens is 1. The van der Waals surface area contributed by atoms with Crippen LogP contribution in [0.2, 0.25) is 0 Å². The molecule has 2 aromatic rings. The van der Waals surface area contributed by atoms with E-state index in [9.17, 15) is 0 Å². The fourth-order valence-corrected chi connectivity index (χ4v) is 1.98. The van der Waals surface area contributed by atoms with Gasteiger partial charge in [0.2, 0.25) is 0 Å². The lowest BCUT2D eigenvalue weighted by molar-refractivity contribution is -0.877. The molecular weight excluding hydrogens is 334 g/mol. The van der Waals surface area contributed by atoms with Crippen LogP contribution in [0.3, 0.4) is 0 Å². The van der Waals surface area contributed by atoms with Crippen LogP contribution in [0.5, 0.6) is 0 Å². The first-order valence-corrected chi connectivity index (χ1v) is 7.23. The van der Waals surface area contributed by atoms with Gasteiger partial charge in [0, 0.05) is 5.56 Å². The minimum Gasteiger partial charge on any atom is -1.00 e. The standard InChI is InChI=1S/C20H22N.BrH/c1-21(2,17-9-15-19-11-5-3-6-12-19)18-10-16-20-13-7-4-8-14-20;/h3-9,11-15H,17-18H2,1-2H3;1H/q+1;/p-1. The zero-order chi connectivity index (χ0) is 15.0. The predicted octanol–water partition coefficient (Wildman–Crippen LogP) is 0.832. The molecule has 2 rings (SSSR count). The number of rotatable bonds is 4. The molecule has 2 heteroatoms. The molecule has 0 saturated carbocycles. The molecule has 0 unspecified atom stereocenters. The van der Waals surface area contributed by atoms with Gasteiger partial charge in [0.15, 0.2) is 0 Å². The van der Waals surface area contributed by atoms with E-state index in [4.69, 9.17) is 0 Å². The summed E-state index contributed by atoms with van der Waals surface area (Å²) < 4.78 is 0.864. The molecule has 0 heterocycles. The largest absolute Gasteiger partial charge is 1.00 e. The molecule has 1 nitrogen and oxygen atoms in total. The Morgan fingerprint density at radius 1 is 0.909 bits per heavy atom. The van der Waals surface area contributed by atoms with Gasteiger partial charge in [-0.05, 0) is 29.7 Å². The van der Waals surface area contributed by atoms with Crippen LogP contribution < -0.4 is 17.0 Å². The highest BCUT2D eigenvalue weighted by atomic mass is 79.9.